The number of esters is 1. The summed E-state index contributed by atoms with van der Waals surface area (Å²) in [5, 5.41) is 2.68. The second-order valence-electron chi connectivity index (χ2n) is 7.34. The normalized spacial score (nSPS) is 12.1. The van der Waals surface area contributed by atoms with E-state index in [9.17, 15) is 9.59 Å². The fourth-order valence-electron chi connectivity index (χ4n) is 1.75. The zero-order chi connectivity index (χ0) is 19.1. The number of hydrogen-bond donors (Lipinski definition) is 1. The monoisotopic (exact) mass is 363 g/mol. The first-order chi connectivity index (χ1) is 11.5. The molecule has 0 heterocycles. The molecule has 0 aromatic heterocycles. The van der Waals surface area contributed by atoms with Gasteiger partial charge in [-0.15, -0.1) is 0 Å². The third-order valence-electron chi connectivity index (χ3n) is 4.22. The Labute approximate surface area is 151 Å². The molecule has 0 atom stereocenters. The number of carbonyl (C=O) groups excluding carboxylic acids is 2. The van der Waals surface area contributed by atoms with Gasteiger partial charge >= 0.3 is 5.97 Å². The van der Waals surface area contributed by atoms with E-state index in [2.05, 4.69) is 39.2 Å². The topological polar surface area (TPSA) is 64.6 Å². The lowest BCUT2D eigenvalue weighted by molar-refractivity contribution is -0.137. The summed E-state index contributed by atoms with van der Waals surface area (Å²) >= 11 is 0. The minimum atomic E-state index is -1.86. The molecule has 0 radical (unpaired) electrons. The van der Waals surface area contributed by atoms with Crippen molar-refractivity contribution in [3.05, 3.63) is 42.1 Å². The van der Waals surface area contributed by atoms with E-state index < -0.39 is 14.3 Å². The SMILES string of the molecule is CCOC(=O)/C=C\NC(=O)Cc1ccc(O[Si](C)(C)C(C)(C)C)cc1. The lowest BCUT2D eigenvalue weighted by atomic mass is 10.1. The van der Waals surface area contributed by atoms with Crippen molar-refractivity contribution in [2.24, 2.45) is 0 Å². The third-order valence-corrected chi connectivity index (χ3v) is 8.58. The van der Waals surface area contributed by atoms with E-state index in [1.807, 2.05) is 24.3 Å². The van der Waals surface area contributed by atoms with Crippen LogP contribution in [0.3, 0.4) is 0 Å². The molecular formula is C19H29NO4Si. The van der Waals surface area contributed by atoms with Crippen LogP contribution in [0.15, 0.2) is 36.5 Å². The highest BCUT2D eigenvalue weighted by atomic mass is 28.4. The summed E-state index contributed by atoms with van der Waals surface area (Å²) in [5.41, 5.74) is 0.879. The molecule has 0 aliphatic rings. The second kappa shape index (κ2) is 8.85. The molecule has 0 spiro atoms. The molecule has 1 rings (SSSR count). The van der Waals surface area contributed by atoms with Gasteiger partial charge < -0.3 is 14.5 Å². The number of ether oxygens (including phenoxy) is 1. The van der Waals surface area contributed by atoms with Gasteiger partial charge in [-0.05, 0) is 42.8 Å². The van der Waals surface area contributed by atoms with Gasteiger partial charge in [-0.25, -0.2) is 4.79 Å². The Balaban J connectivity index is 2.57. The molecule has 1 aromatic rings. The van der Waals surface area contributed by atoms with Crippen molar-refractivity contribution in [1.82, 2.24) is 5.32 Å². The van der Waals surface area contributed by atoms with Crippen molar-refractivity contribution >= 4 is 20.2 Å². The van der Waals surface area contributed by atoms with Gasteiger partial charge in [0.2, 0.25) is 14.2 Å². The lowest BCUT2D eigenvalue weighted by Gasteiger charge is -2.36. The summed E-state index contributed by atoms with van der Waals surface area (Å²) in [6.45, 7) is 13.0. The zero-order valence-corrected chi connectivity index (χ0v) is 17.0. The Morgan fingerprint density at radius 3 is 2.28 bits per heavy atom. The number of hydrogen-bond acceptors (Lipinski definition) is 4. The van der Waals surface area contributed by atoms with Crippen molar-refractivity contribution in [2.75, 3.05) is 6.61 Å². The van der Waals surface area contributed by atoms with Crippen LogP contribution < -0.4 is 9.74 Å². The zero-order valence-electron chi connectivity index (χ0n) is 16.0. The summed E-state index contributed by atoms with van der Waals surface area (Å²) in [6.07, 6.45) is 2.72. The fourth-order valence-corrected chi connectivity index (χ4v) is 2.78. The van der Waals surface area contributed by atoms with Crippen LogP contribution in [0.2, 0.25) is 18.1 Å². The molecule has 0 saturated heterocycles. The molecule has 0 aliphatic heterocycles. The first kappa shape index (κ1) is 21.0. The van der Waals surface area contributed by atoms with Crippen LogP contribution in [0, 0.1) is 0 Å². The second-order valence-corrected chi connectivity index (χ2v) is 12.1. The van der Waals surface area contributed by atoms with Crippen molar-refractivity contribution in [3.63, 3.8) is 0 Å². The largest absolute Gasteiger partial charge is 0.544 e. The molecule has 0 fully saturated rings. The van der Waals surface area contributed by atoms with Gasteiger partial charge in [-0.1, -0.05) is 32.9 Å². The Morgan fingerprint density at radius 1 is 1.16 bits per heavy atom. The predicted octanol–water partition coefficient (Wildman–Crippen LogP) is 3.81. The molecule has 6 heteroatoms. The molecule has 5 nitrogen and oxygen atoms in total. The van der Waals surface area contributed by atoms with Gasteiger partial charge in [0.1, 0.15) is 5.75 Å². The molecule has 1 aromatic carbocycles. The first-order valence-electron chi connectivity index (χ1n) is 8.46. The highest BCUT2D eigenvalue weighted by Gasteiger charge is 2.38. The minimum absolute atomic E-state index is 0.136. The van der Waals surface area contributed by atoms with E-state index in [0.717, 1.165) is 11.3 Å². The van der Waals surface area contributed by atoms with E-state index in [0.29, 0.717) is 6.61 Å². The summed E-state index contributed by atoms with van der Waals surface area (Å²) in [7, 11) is -1.86. The smallest absolute Gasteiger partial charge is 0.332 e. The van der Waals surface area contributed by atoms with Gasteiger partial charge in [0.05, 0.1) is 13.0 Å². The van der Waals surface area contributed by atoms with Crippen molar-refractivity contribution < 1.29 is 18.8 Å². The van der Waals surface area contributed by atoms with E-state index in [-0.39, 0.29) is 17.4 Å². The molecule has 0 saturated carbocycles. The molecule has 1 N–H and O–H groups in total. The minimum Gasteiger partial charge on any atom is -0.544 e. The molecule has 25 heavy (non-hydrogen) atoms. The Bertz CT molecular complexity index is 615. The summed E-state index contributed by atoms with van der Waals surface area (Å²) in [4.78, 5) is 23.0. The fraction of sp³-hybridized carbons (Fsp3) is 0.474. The Kier molecular flexibility index (Phi) is 7.42. The number of benzene rings is 1. The molecule has 1 amide bonds. The molecule has 138 valence electrons. The maximum absolute atomic E-state index is 11.9. The maximum Gasteiger partial charge on any atom is 0.332 e. The van der Waals surface area contributed by atoms with Crippen LogP contribution in [0.4, 0.5) is 0 Å². The van der Waals surface area contributed by atoms with Gasteiger partial charge in [-0.2, -0.15) is 0 Å². The van der Waals surface area contributed by atoms with Crippen LogP contribution in [-0.2, 0) is 20.7 Å². The van der Waals surface area contributed by atoms with E-state index >= 15 is 0 Å². The summed E-state index contributed by atoms with van der Waals surface area (Å²) in [5.74, 6) is 0.159. The Hall–Kier alpha value is -2.08. The van der Waals surface area contributed by atoms with Gasteiger partial charge in [0, 0.05) is 12.3 Å². The number of nitrogens with one attached hydrogen (secondary N) is 1. The highest BCUT2D eigenvalue weighted by Crippen LogP contribution is 2.37. The number of rotatable bonds is 7. The first-order valence-corrected chi connectivity index (χ1v) is 11.4. The predicted molar refractivity (Wildman–Crippen MR) is 102 cm³/mol. The third kappa shape index (κ3) is 7.13. The summed E-state index contributed by atoms with van der Waals surface area (Å²) < 4.78 is 10.9. The van der Waals surface area contributed by atoms with E-state index in [1.165, 1.54) is 12.3 Å². The average molecular weight is 364 g/mol. The standard InChI is InChI=1S/C19H29NO4Si/c1-7-23-18(22)12-13-20-17(21)14-15-8-10-16(11-9-15)24-25(5,6)19(2,3)4/h8-13H,7,14H2,1-6H3,(H,20,21)/b13-12-. The van der Waals surface area contributed by atoms with Crippen molar-refractivity contribution in [1.29, 1.82) is 0 Å². The lowest BCUT2D eigenvalue weighted by Crippen LogP contribution is -2.43. The van der Waals surface area contributed by atoms with Crippen LogP contribution in [0.5, 0.6) is 5.75 Å². The summed E-state index contributed by atoms with van der Waals surface area (Å²) in [6, 6.07) is 7.57. The van der Waals surface area contributed by atoms with Crippen LogP contribution in [-0.4, -0.2) is 26.8 Å². The average Bonchev–Trinajstić information content (AvgIpc) is 2.48. The van der Waals surface area contributed by atoms with Gasteiger partial charge in [0.25, 0.3) is 0 Å². The number of carbonyl (C=O) groups is 2. The molecule has 0 bridgehead atoms. The van der Waals surface area contributed by atoms with E-state index in [1.54, 1.807) is 6.92 Å². The molecule has 0 aliphatic carbocycles. The van der Waals surface area contributed by atoms with Crippen LogP contribution in [0.1, 0.15) is 33.3 Å². The van der Waals surface area contributed by atoms with Crippen LogP contribution >= 0.6 is 0 Å². The quantitative estimate of drug-likeness (QED) is 0.454. The molecule has 0 unspecified atom stereocenters. The van der Waals surface area contributed by atoms with Crippen molar-refractivity contribution in [3.8, 4) is 5.75 Å². The maximum atomic E-state index is 11.9. The molecular weight excluding hydrogens is 334 g/mol. The van der Waals surface area contributed by atoms with Gasteiger partial charge in [0.15, 0.2) is 0 Å². The van der Waals surface area contributed by atoms with Crippen molar-refractivity contribution in [2.45, 2.75) is 52.2 Å². The highest BCUT2D eigenvalue weighted by molar-refractivity contribution is 6.74. The number of amides is 1. The van der Waals surface area contributed by atoms with E-state index in [4.69, 9.17) is 9.16 Å². The van der Waals surface area contributed by atoms with Crippen LogP contribution in [0.25, 0.3) is 0 Å². The Morgan fingerprint density at radius 2 is 1.76 bits per heavy atom. The van der Waals surface area contributed by atoms with Gasteiger partial charge in [-0.3, -0.25) is 4.79 Å².